The quantitative estimate of drug-likeness (QED) is 0.611. The van der Waals surface area contributed by atoms with Gasteiger partial charge in [-0.3, -0.25) is 19.9 Å². The lowest BCUT2D eigenvalue weighted by atomic mass is 10.1. The Labute approximate surface area is 133 Å². The Morgan fingerprint density at radius 2 is 2.24 bits per heavy atom. The first-order chi connectivity index (χ1) is 9.88. The van der Waals surface area contributed by atoms with E-state index < -0.39 is 4.92 Å². The number of hydrogen-bond acceptors (Lipinski definition) is 5. The summed E-state index contributed by atoms with van der Waals surface area (Å²) in [6.45, 7) is 2.10. The van der Waals surface area contributed by atoms with Gasteiger partial charge in [0.25, 0.3) is 11.6 Å². The number of pyridine rings is 1. The summed E-state index contributed by atoms with van der Waals surface area (Å²) < 4.78 is 0.969. The summed E-state index contributed by atoms with van der Waals surface area (Å²) in [6.07, 6.45) is 1.16. The van der Waals surface area contributed by atoms with E-state index in [4.69, 9.17) is 0 Å². The minimum absolute atomic E-state index is 0.184. The number of amides is 1. The van der Waals surface area contributed by atoms with Crippen molar-refractivity contribution >= 4 is 38.9 Å². The van der Waals surface area contributed by atoms with Crippen LogP contribution in [0.3, 0.4) is 0 Å². The molecule has 2 aromatic heterocycles. The van der Waals surface area contributed by atoms with Crippen molar-refractivity contribution < 1.29 is 9.72 Å². The van der Waals surface area contributed by atoms with Gasteiger partial charge in [0, 0.05) is 27.8 Å². The van der Waals surface area contributed by atoms with Gasteiger partial charge in [-0.2, -0.15) is 0 Å². The third-order valence-electron chi connectivity index (χ3n) is 2.88. The van der Waals surface area contributed by atoms with Crippen LogP contribution in [-0.4, -0.2) is 27.8 Å². The van der Waals surface area contributed by atoms with Crippen molar-refractivity contribution in [2.45, 2.75) is 13.5 Å². The summed E-state index contributed by atoms with van der Waals surface area (Å²) >= 11 is 4.90. The molecule has 21 heavy (non-hydrogen) atoms. The van der Waals surface area contributed by atoms with Crippen molar-refractivity contribution in [2.75, 3.05) is 7.05 Å². The van der Waals surface area contributed by atoms with Crippen molar-refractivity contribution in [3.63, 3.8) is 0 Å². The monoisotopic (exact) mass is 369 g/mol. The van der Waals surface area contributed by atoms with E-state index >= 15 is 0 Å². The molecular weight excluding hydrogens is 358 g/mol. The highest BCUT2D eigenvalue weighted by Gasteiger charge is 2.19. The maximum Gasteiger partial charge on any atom is 0.288 e. The molecule has 6 nitrogen and oxygen atoms in total. The molecule has 0 saturated carbocycles. The molecule has 0 atom stereocenters. The summed E-state index contributed by atoms with van der Waals surface area (Å²) in [5, 5.41) is 12.7. The maximum absolute atomic E-state index is 12.4. The van der Waals surface area contributed by atoms with Gasteiger partial charge in [0.2, 0.25) is 0 Å². The molecule has 0 spiro atoms. The van der Waals surface area contributed by atoms with Crippen molar-refractivity contribution in [1.29, 1.82) is 0 Å². The predicted molar refractivity (Wildman–Crippen MR) is 83.4 cm³/mol. The van der Waals surface area contributed by atoms with Crippen molar-refractivity contribution in [2.24, 2.45) is 0 Å². The molecule has 8 heteroatoms. The molecule has 0 aliphatic heterocycles. The van der Waals surface area contributed by atoms with E-state index in [1.165, 1.54) is 22.3 Å². The van der Waals surface area contributed by atoms with Gasteiger partial charge >= 0.3 is 0 Å². The van der Waals surface area contributed by atoms with E-state index in [0.29, 0.717) is 12.2 Å². The fourth-order valence-electron chi connectivity index (χ4n) is 1.79. The standard InChI is InChI=1S/C13H12BrN3O3S/c1-8-12(4-10(5-15-8)17(19)20)13(18)16(2)6-11-3-9(14)7-21-11/h3-5,7H,6H2,1-2H3. The Bertz CT molecular complexity index is 702. The lowest BCUT2D eigenvalue weighted by Crippen LogP contribution is -2.26. The predicted octanol–water partition coefficient (Wildman–Crippen LogP) is 3.39. The number of halogens is 1. The lowest BCUT2D eigenvalue weighted by Gasteiger charge is -2.17. The maximum atomic E-state index is 12.4. The molecule has 0 unspecified atom stereocenters. The van der Waals surface area contributed by atoms with Gasteiger partial charge in [0.05, 0.1) is 22.7 Å². The number of aryl methyl sites for hydroxylation is 1. The first kappa shape index (κ1) is 15.6. The zero-order chi connectivity index (χ0) is 15.6. The Morgan fingerprint density at radius 1 is 1.52 bits per heavy atom. The zero-order valence-corrected chi connectivity index (χ0v) is 13.8. The molecule has 0 N–H and O–H groups in total. The number of carbonyl (C=O) groups is 1. The smallest absolute Gasteiger partial charge is 0.288 e. The molecule has 0 aromatic carbocycles. The van der Waals surface area contributed by atoms with Gasteiger partial charge in [0.1, 0.15) is 6.20 Å². The van der Waals surface area contributed by atoms with Gasteiger partial charge in [-0.15, -0.1) is 11.3 Å². The fourth-order valence-corrected chi connectivity index (χ4v) is 3.29. The molecule has 0 bridgehead atoms. The molecule has 2 aromatic rings. The van der Waals surface area contributed by atoms with Crippen molar-refractivity contribution in [3.8, 4) is 0 Å². The minimum atomic E-state index is -0.556. The number of nitrogens with zero attached hydrogens (tertiary/aromatic N) is 3. The molecule has 0 aliphatic carbocycles. The van der Waals surface area contributed by atoms with Crippen LogP contribution in [0.1, 0.15) is 20.9 Å². The fraction of sp³-hybridized carbons (Fsp3) is 0.231. The number of carbonyl (C=O) groups excluding carboxylic acids is 1. The van der Waals surface area contributed by atoms with Crippen molar-refractivity contribution in [3.05, 3.63) is 54.4 Å². The Hall–Kier alpha value is -1.80. The van der Waals surface area contributed by atoms with Gasteiger partial charge in [-0.05, 0) is 28.9 Å². The third kappa shape index (κ3) is 3.64. The molecule has 0 saturated heterocycles. The van der Waals surface area contributed by atoms with E-state index in [2.05, 4.69) is 20.9 Å². The van der Waals surface area contributed by atoms with Crippen LogP contribution >= 0.6 is 27.3 Å². The highest BCUT2D eigenvalue weighted by Crippen LogP contribution is 2.22. The highest BCUT2D eigenvalue weighted by molar-refractivity contribution is 9.10. The average molecular weight is 370 g/mol. The third-order valence-corrected chi connectivity index (χ3v) is 4.56. The Kier molecular flexibility index (Phi) is 4.69. The van der Waals surface area contributed by atoms with Crippen LogP contribution in [0.4, 0.5) is 5.69 Å². The van der Waals surface area contributed by atoms with Crippen LogP contribution in [0.5, 0.6) is 0 Å². The number of thiophene rings is 1. The van der Waals surface area contributed by atoms with Gasteiger partial charge in [0.15, 0.2) is 0 Å². The molecule has 0 radical (unpaired) electrons. The molecule has 2 rings (SSSR count). The van der Waals surface area contributed by atoms with Crippen LogP contribution in [0, 0.1) is 17.0 Å². The Morgan fingerprint density at radius 3 is 2.81 bits per heavy atom. The van der Waals surface area contributed by atoms with Gasteiger partial charge in [-0.25, -0.2) is 0 Å². The van der Waals surface area contributed by atoms with Crippen LogP contribution in [0.25, 0.3) is 0 Å². The first-order valence-electron chi connectivity index (χ1n) is 5.98. The second kappa shape index (κ2) is 6.31. The second-order valence-corrected chi connectivity index (χ2v) is 6.39. The molecule has 0 fully saturated rings. The summed E-state index contributed by atoms with van der Waals surface area (Å²) in [7, 11) is 1.66. The van der Waals surface area contributed by atoms with Crippen molar-refractivity contribution in [1.82, 2.24) is 9.88 Å². The van der Waals surface area contributed by atoms with Gasteiger partial charge < -0.3 is 4.90 Å². The van der Waals surface area contributed by atoms with Crippen LogP contribution < -0.4 is 0 Å². The minimum Gasteiger partial charge on any atom is -0.337 e. The van der Waals surface area contributed by atoms with E-state index in [1.807, 2.05) is 11.4 Å². The summed E-state index contributed by atoms with van der Waals surface area (Å²) in [4.78, 5) is 29.1. The van der Waals surface area contributed by atoms with E-state index in [1.54, 1.807) is 14.0 Å². The lowest BCUT2D eigenvalue weighted by molar-refractivity contribution is -0.385. The van der Waals surface area contributed by atoms with Crippen LogP contribution in [-0.2, 0) is 6.54 Å². The Balaban J connectivity index is 2.22. The number of hydrogen-bond donors (Lipinski definition) is 0. The molecule has 110 valence electrons. The normalized spacial score (nSPS) is 10.4. The SMILES string of the molecule is Cc1ncc([N+](=O)[O-])cc1C(=O)N(C)Cc1cc(Br)cs1. The van der Waals surface area contributed by atoms with E-state index in [0.717, 1.165) is 15.5 Å². The molecule has 2 heterocycles. The van der Waals surface area contributed by atoms with Crippen LogP contribution in [0.15, 0.2) is 28.2 Å². The number of rotatable bonds is 4. The summed E-state index contributed by atoms with van der Waals surface area (Å²) in [5.74, 6) is -0.284. The van der Waals surface area contributed by atoms with E-state index in [9.17, 15) is 14.9 Å². The van der Waals surface area contributed by atoms with Gasteiger partial charge in [-0.1, -0.05) is 0 Å². The second-order valence-electron chi connectivity index (χ2n) is 4.48. The number of aromatic nitrogens is 1. The largest absolute Gasteiger partial charge is 0.337 e. The molecule has 1 amide bonds. The average Bonchev–Trinajstić information content (AvgIpc) is 2.83. The molecular formula is C13H12BrN3O3S. The summed E-state index contributed by atoms with van der Waals surface area (Å²) in [6, 6.07) is 3.21. The topological polar surface area (TPSA) is 76.3 Å². The van der Waals surface area contributed by atoms with Crippen LogP contribution in [0.2, 0.25) is 0 Å². The number of nitro groups is 1. The molecule has 0 aliphatic rings. The van der Waals surface area contributed by atoms with E-state index in [-0.39, 0.29) is 17.2 Å². The highest BCUT2D eigenvalue weighted by atomic mass is 79.9. The first-order valence-corrected chi connectivity index (χ1v) is 7.65. The summed E-state index contributed by atoms with van der Waals surface area (Å²) in [5.41, 5.74) is 0.545. The zero-order valence-electron chi connectivity index (χ0n) is 11.4.